The van der Waals surface area contributed by atoms with Gasteiger partial charge in [0, 0.05) is 39.3 Å². The third-order valence-electron chi connectivity index (χ3n) is 14.7. The molecule has 9 aromatic rings. The molecular weight excluding hydrogens is 1200 g/mol. The zero-order valence-corrected chi connectivity index (χ0v) is 43.2. The Labute approximate surface area is 484 Å². The summed E-state index contributed by atoms with van der Waals surface area (Å²) in [5, 5.41) is 206. The Bertz CT molecular complexity index is 4900. The summed E-state index contributed by atoms with van der Waals surface area (Å²) in [7, 11) is 0. The van der Waals surface area contributed by atoms with E-state index in [1.807, 2.05) is 0 Å². The van der Waals surface area contributed by atoms with Gasteiger partial charge in [-0.3, -0.25) is 0 Å². The maximum atomic E-state index is 15.0. The molecule has 4 aliphatic rings. The number of hydrogen-bond donors (Lipinski definition) is 19. The van der Waals surface area contributed by atoms with Gasteiger partial charge in [-0.15, -0.1) is 0 Å². The lowest BCUT2D eigenvalue weighted by Gasteiger charge is -2.40. The fraction of sp³-hybridized carbons (Fsp3) is 0.109. The molecule has 2 aromatic heterocycles. The normalized spacial score (nSPS) is 18.1. The first-order chi connectivity index (χ1) is 41.9. The van der Waals surface area contributed by atoms with Gasteiger partial charge in [-0.1, -0.05) is 0 Å². The van der Waals surface area contributed by atoms with Crippen LogP contribution in [0.25, 0.3) is 55.0 Å². The highest BCUT2D eigenvalue weighted by Crippen LogP contribution is 2.59. The molecule has 19 N–H and O–H groups in total. The summed E-state index contributed by atoms with van der Waals surface area (Å²) in [5.41, 5.74) is -16.7. The van der Waals surface area contributed by atoms with Crippen molar-refractivity contribution in [3.8, 4) is 137 Å². The molecule has 0 saturated carbocycles. The van der Waals surface area contributed by atoms with Crippen molar-refractivity contribution in [2.24, 2.45) is 0 Å². The molecule has 89 heavy (non-hydrogen) atoms. The van der Waals surface area contributed by atoms with Crippen LogP contribution in [0, 0.1) is 0 Å². The Morgan fingerprint density at radius 3 is 1.46 bits per heavy atom. The lowest BCUT2D eigenvalue weighted by Crippen LogP contribution is -2.56. The molecule has 0 fully saturated rings. The lowest BCUT2D eigenvalue weighted by molar-refractivity contribution is -0.154. The van der Waals surface area contributed by atoms with Crippen LogP contribution in [0.1, 0.15) is 63.5 Å². The van der Waals surface area contributed by atoms with Gasteiger partial charge in [0.15, 0.2) is 105 Å². The maximum absolute atomic E-state index is 15.0. The van der Waals surface area contributed by atoms with Gasteiger partial charge < -0.3 is 134 Å². The zero-order valence-electron chi connectivity index (χ0n) is 43.2. The molecule has 0 saturated heterocycles. The Hall–Kier alpha value is -13.0. The number of carbonyl (C=O) groups excluding carboxylic acids is 5. The van der Waals surface area contributed by atoms with Crippen molar-refractivity contribution >= 4 is 62.6 Å². The number of ether oxygens (including phenoxy) is 6. The van der Waals surface area contributed by atoms with Gasteiger partial charge in [0.05, 0.1) is 38.6 Å². The van der Waals surface area contributed by atoms with Gasteiger partial charge in [0.2, 0.25) is 46.0 Å². The minimum absolute atomic E-state index is 0.274. The molecule has 34 nitrogen and oxygen atoms in total. The number of esters is 5. The smallest absolute Gasteiger partial charge is 0.348 e. The number of phenols is 18. The van der Waals surface area contributed by atoms with E-state index in [1.54, 1.807) is 0 Å². The third-order valence-corrected chi connectivity index (χ3v) is 14.7. The first-order valence-electron chi connectivity index (χ1n) is 24.7. The summed E-state index contributed by atoms with van der Waals surface area (Å²) in [6.45, 7) is -1.66. The average molecular weight is 1240 g/mol. The number of aliphatic hydroxyl groups excluding tert-OH is 1. The predicted molar refractivity (Wildman–Crippen MR) is 280 cm³/mol. The number of aliphatic hydroxyl groups is 1. The van der Waals surface area contributed by atoms with Crippen molar-refractivity contribution in [2.75, 3.05) is 6.61 Å². The molecular formula is C55H32O34. The molecule has 0 aliphatic carbocycles. The summed E-state index contributed by atoms with van der Waals surface area (Å²) >= 11 is 0. The van der Waals surface area contributed by atoms with Crippen LogP contribution in [0.15, 0.2) is 54.8 Å². The summed E-state index contributed by atoms with van der Waals surface area (Å²) in [6.07, 6.45) is -14.2. The number of cyclic esters (lactones) is 2. The van der Waals surface area contributed by atoms with E-state index in [9.17, 15) is 126 Å². The van der Waals surface area contributed by atoms with Gasteiger partial charge in [0.25, 0.3) is 0 Å². The molecule has 4 aliphatic heterocycles. The molecule has 4 bridgehead atoms. The second-order valence-electron chi connectivity index (χ2n) is 19.7. The quantitative estimate of drug-likeness (QED) is 0.0387. The van der Waals surface area contributed by atoms with E-state index in [1.165, 1.54) is 0 Å². The Morgan fingerprint density at radius 2 is 0.876 bits per heavy atom. The number of aromatic hydroxyl groups is 18. The second kappa shape index (κ2) is 19.3. The zero-order chi connectivity index (χ0) is 64.3. The largest absolute Gasteiger partial charge is 0.504 e. The van der Waals surface area contributed by atoms with E-state index in [4.69, 9.17) is 37.3 Å². The monoisotopic (exact) mass is 1240 g/mol. The molecule has 13 rings (SSSR count). The number of hydrogen-bond acceptors (Lipinski definition) is 34. The van der Waals surface area contributed by atoms with Crippen LogP contribution >= 0.6 is 0 Å². The van der Waals surface area contributed by atoms with Crippen LogP contribution in [0.2, 0.25) is 0 Å². The predicted octanol–water partition coefficient (Wildman–Crippen LogP) is 3.05. The SMILES string of the molecule is O=C(O[C@H]1COC(=O)c2cc(O)c(O)c(O)c2-c2c(cc(O)c(O)c2O)C(=O)O[C@H]1[C@H]1OC(=O)c2cc(O)c(O)c(O)c2-c2c(O)c(O)c(O)c3c2C(=O)O[C@H]1[C@H]3O)c1cc(O)c(O)c(Oc2cc3c(=O)oc4c(O)c(O)c(O)c5c(=O)oc(c2O)c3c45)c1. The van der Waals surface area contributed by atoms with E-state index in [2.05, 4.69) is 0 Å². The highest BCUT2D eigenvalue weighted by atomic mass is 16.6. The van der Waals surface area contributed by atoms with Crippen molar-refractivity contribution in [2.45, 2.75) is 30.5 Å². The molecule has 0 radical (unpaired) electrons. The minimum atomic E-state index is -2.97. The van der Waals surface area contributed by atoms with Crippen molar-refractivity contribution in [3.05, 3.63) is 90.6 Å². The number of fused-ring (bicyclic) bond motifs is 6. The molecule has 6 heterocycles. The van der Waals surface area contributed by atoms with E-state index in [0.29, 0.717) is 30.3 Å². The van der Waals surface area contributed by atoms with Crippen molar-refractivity contribution < 1.29 is 158 Å². The molecule has 456 valence electrons. The van der Waals surface area contributed by atoms with Gasteiger partial charge in [0.1, 0.15) is 18.1 Å². The molecule has 7 aromatic carbocycles. The highest BCUT2D eigenvalue weighted by Gasteiger charge is 2.54. The van der Waals surface area contributed by atoms with Crippen LogP contribution in [-0.2, 0) is 23.7 Å². The highest BCUT2D eigenvalue weighted by molar-refractivity contribution is 6.24. The molecule has 34 heteroatoms. The van der Waals surface area contributed by atoms with Gasteiger partial charge >= 0.3 is 41.1 Å². The van der Waals surface area contributed by atoms with E-state index in [0.717, 1.165) is 0 Å². The molecule has 0 spiro atoms. The first-order valence-corrected chi connectivity index (χ1v) is 24.7. The third kappa shape index (κ3) is 7.96. The topological polar surface area (TPSA) is 586 Å². The Kier molecular flexibility index (Phi) is 12.2. The lowest BCUT2D eigenvalue weighted by atomic mass is 9.82. The number of carbonyl (C=O) groups is 5. The van der Waals surface area contributed by atoms with Crippen molar-refractivity contribution in [1.29, 1.82) is 0 Å². The van der Waals surface area contributed by atoms with Gasteiger partial charge in [-0.05, 0) is 30.3 Å². The van der Waals surface area contributed by atoms with Crippen LogP contribution in [0.3, 0.4) is 0 Å². The number of phenolic OH excluding ortho intramolecular Hbond substituents is 18. The maximum Gasteiger partial charge on any atom is 0.348 e. The standard InChI is InChI=1S/C55H32O34/c56-13-1-8(2-17(29(13)60)83-18-6-12-23-25-28(55(81)87-45(23)33(18)64)39(70)42(73)43(74)46(25)86-53(12)79)49(75)84-19-7-82-50(76)9-3-14(57)30(61)34(65)20(9)21-10(4-15(58)31(62)35(21)66)51(77)85-44(19)48-47-40(71)27-26(54(80)88-47)24(37(68)41(72)38(27)69)22-11(52(78)89-48)5-16(59)32(63)36(22)67/h1-6,19,40,44,47-48,56-74H,7H2/t19-,40-,44+,47-,48+/m0/s1. The summed E-state index contributed by atoms with van der Waals surface area (Å²) in [4.78, 5) is 99.9. The fourth-order valence-electron chi connectivity index (χ4n) is 10.6. The fourth-order valence-corrected chi connectivity index (χ4v) is 10.6. The number of rotatable bonds is 5. The Balaban J connectivity index is 1.04. The van der Waals surface area contributed by atoms with E-state index < -0.39 is 282 Å². The summed E-state index contributed by atoms with van der Waals surface area (Å²) in [5.74, 6) is -37.3. The Morgan fingerprint density at radius 1 is 0.404 bits per heavy atom. The molecule has 0 amide bonds. The second-order valence-corrected chi connectivity index (χ2v) is 19.7. The van der Waals surface area contributed by atoms with Crippen molar-refractivity contribution in [3.63, 3.8) is 0 Å². The van der Waals surface area contributed by atoms with Crippen LogP contribution in [0.5, 0.6) is 115 Å². The van der Waals surface area contributed by atoms with Crippen molar-refractivity contribution in [1.82, 2.24) is 0 Å². The van der Waals surface area contributed by atoms with Crippen LogP contribution in [-0.4, -0.2) is 158 Å². The van der Waals surface area contributed by atoms with Crippen LogP contribution < -0.4 is 16.0 Å². The van der Waals surface area contributed by atoms with Gasteiger partial charge in [-0.2, -0.15) is 0 Å². The van der Waals surface area contributed by atoms with Gasteiger partial charge in [-0.25, -0.2) is 33.6 Å². The summed E-state index contributed by atoms with van der Waals surface area (Å²) in [6, 6.07) is 2.52. The van der Waals surface area contributed by atoms with E-state index >= 15 is 4.79 Å². The molecule has 5 atom stereocenters. The minimum Gasteiger partial charge on any atom is -0.504 e. The first kappa shape index (κ1) is 56.5. The van der Waals surface area contributed by atoms with E-state index in [-0.39, 0.29) is 6.07 Å². The average Bonchev–Trinajstić information content (AvgIpc) is 0.819. The molecule has 0 unspecified atom stereocenters. The summed E-state index contributed by atoms with van der Waals surface area (Å²) < 4.78 is 44.1. The number of benzene rings is 7. The van der Waals surface area contributed by atoms with Crippen LogP contribution in [0.4, 0.5) is 0 Å².